The molecular formula is C19H13Cl3O3S. The summed E-state index contributed by atoms with van der Waals surface area (Å²) in [5.41, 5.74) is 2.37. The average Bonchev–Trinajstić information content (AvgIpc) is 2.60. The molecule has 3 rings (SSSR count). The van der Waals surface area contributed by atoms with Gasteiger partial charge in [-0.05, 0) is 11.1 Å². The molecule has 0 bridgehead atoms. The molecule has 0 saturated heterocycles. The maximum Gasteiger partial charge on any atom is 0.511 e. The van der Waals surface area contributed by atoms with Crippen LogP contribution >= 0.6 is 48.3 Å². The molecule has 26 heavy (non-hydrogen) atoms. The van der Waals surface area contributed by atoms with Crippen LogP contribution in [0.4, 0.5) is 4.79 Å². The van der Waals surface area contributed by atoms with Gasteiger partial charge in [-0.2, -0.15) is 13.5 Å². The van der Waals surface area contributed by atoms with Crippen LogP contribution in [0.2, 0.25) is 15.1 Å². The number of benzene rings is 3. The first-order chi connectivity index (χ1) is 12.0. The van der Waals surface area contributed by atoms with Crippen molar-refractivity contribution in [1.82, 2.24) is 0 Å². The molecule has 0 saturated carbocycles. The molecule has 0 heterocycles. The summed E-state index contributed by atoms with van der Waals surface area (Å²) in [4.78, 5) is 11.1. The minimum atomic E-state index is -1.51. The van der Waals surface area contributed by atoms with Crippen LogP contribution in [-0.4, -0.2) is 11.3 Å². The molecule has 0 atom stereocenters. The van der Waals surface area contributed by atoms with Crippen molar-refractivity contribution in [2.75, 3.05) is 0 Å². The maximum atomic E-state index is 11.1. The van der Waals surface area contributed by atoms with E-state index in [0.29, 0.717) is 16.1 Å². The van der Waals surface area contributed by atoms with Gasteiger partial charge in [-0.1, -0.05) is 95.5 Å². The highest BCUT2D eigenvalue weighted by atomic mass is 35.5. The third-order valence-electron chi connectivity index (χ3n) is 3.59. The quantitative estimate of drug-likeness (QED) is 0.356. The maximum absolute atomic E-state index is 11.1. The predicted octanol–water partition coefficient (Wildman–Crippen LogP) is 7.15. The van der Waals surface area contributed by atoms with Crippen LogP contribution in [0.5, 0.6) is 5.75 Å². The summed E-state index contributed by atoms with van der Waals surface area (Å²) < 4.78 is 4.85. The molecule has 0 aliphatic heterocycles. The van der Waals surface area contributed by atoms with Crippen LogP contribution in [0, 0.1) is 0 Å². The van der Waals surface area contributed by atoms with E-state index >= 15 is 0 Å². The Morgan fingerprint density at radius 2 is 1.12 bits per heavy atom. The van der Waals surface area contributed by atoms with E-state index in [0.717, 1.165) is 11.1 Å². The largest absolute Gasteiger partial charge is 0.511 e. The Balaban J connectivity index is 0.00000243. The average molecular weight is 428 g/mol. The van der Waals surface area contributed by atoms with Gasteiger partial charge in [0.1, 0.15) is 0 Å². The Morgan fingerprint density at radius 3 is 1.46 bits per heavy atom. The number of hydrogen-bond donors (Lipinski definition) is 1. The first kappa shape index (κ1) is 20.5. The standard InChI is InChI=1S/C19H11Cl3O3.H2S/c20-15-13(11-7-3-1-4-8-11)16(21)18(25-19(23)24)17(22)14(15)12-9-5-2-6-10-12;/h1-10H,(H,23,24);1H2. The molecular weight excluding hydrogens is 415 g/mol. The van der Waals surface area contributed by atoms with Crippen LogP contribution in [0.15, 0.2) is 60.7 Å². The molecule has 3 nitrogen and oxygen atoms in total. The van der Waals surface area contributed by atoms with E-state index in [4.69, 9.17) is 44.6 Å². The van der Waals surface area contributed by atoms with Gasteiger partial charge in [0.25, 0.3) is 0 Å². The molecule has 0 spiro atoms. The third kappa shape index (κ3) is 3.94. The van der Waals surface area contributed by atoms with Crippen LogP contribution in [0.25, 0.3) is 22.3 Å². The highest BCUT2D eigenvalue weighted by Crippen LogP contribution is 2.51. The summed E-state index contributed by atoms with van der Waals surface area (Å²) in [5.74, 6) is -0.141. The first-order valence-electron chi connectivity index (χ1n) is 7.22. The molecule has 3 aromatic carbocycles. The zero-order chi connectivity index (χ0) is 18.0. The van der Waals surface area contributed by atoms with Gasteiger partial charge in [-0.15, -0.1) is 0 Å². The van der Waals surface area contributed by atoms with Crippen molar-refractivity contribution in [1.29, 1.82) is 0 Å². The van der Waals surface area contributed by atoms with Crippen molar-refractivity contribution in [2.45, 2.75) is 0 Å². The molecule has 134 valence electrons. The number of halogens is 3. The second-order valence-electron chi connectivity index (χ2n) is 5.12. The Labute approximate surface area is 172 Å². The molecule has 1 N–H and O–H groups in total. The van der Waals surface area contributed by atoms with Gasteiger partial charge in [-0.3, -0.25) is 0 Å². The van der Waals surface area contributed by atoms with E-state index < -0.39 is 6.16 Å². The van der Waals surface area contributed by atoms with Crippen molar-refractivity contribution < 1.29 is 14.6 Å². The molecule has 0 radical (unpaired) electrons. The number of hydrogen-bond acceptors (Lipinski definition) is 2. The fourth-order valence-corrected chi connectivity index (χ4v) is 3.76. The smallest absolute Gasteiger partial charge is 0.449 e. The lowest BCUT2D eigenvalue weighted by atomic mass is 9.98. The zero-order valence-corrected chi connectivity index (χ0v) is 16.4. The Bertz CT molecular complexity index is 865. The second kappa shape index (κ2) is 8.69. The fourth-order valence-electron chi connectivity index (χ4n) is 2.53. The van der Waals surface area contributed by atoms with E-state index in [9.17, 15) is 4.79 Å². The number of rotatable bonds is 3. The normalized spacial score (nSPS) is 10.1. The molecule has 0 aromatic heterocycles. The molecule has 0 aliphatic rings. The van der Waals surface area contributed by atoms with Crippen molar-refractivity contribution in [2.24, 2.45) is 0 Å². The van der Waals surface area contributed by atoms with Gasteiger partial charge in [-0.25, -0.2) is 4.79 Å². The van der Waals surface area contributed by atoms with Gasteiger partial charge in [0, 0.05) is 11.1 Å². The van der Waals surface area contributed by atoms with Gasteiger partial charge < -0.3 is 9.84 Å². The Morgan fingerprint density at radius 1 is 0.731 bits per heavy atom. The summed E-state index contributed by atoms with van der Waals surface area (Å²) in [6, 6.07) is 18.3. The number of carbonyl (C=O) groups is 1. The van der Waals surface area contributed by atoms with Crippen molar-refractivity contribution >= 4 is 54.5 Å². The van der Waals surface area contributed by atoms with E-state index in [1.807, 2.05) is 60.7 Å². The Hall–Kier alpha value is -1.85. The minimum Gasteiger partial charge on any atom is -0.449 e. The SMILES string of the molecule is O=C(O)Oc1c(Cl)c(-c2ccccc2)c(Cl)c(-c2ccccc2)c1Cl.S. The lowest BCUT2D eigenvalue weighted by Gasteiger charge is -2.18. The predicted molar refractivity (Wildman–Crippen MR) is 111 cm³/mol. The summed E-state index contributed by atoms with van der Waals surface area (Å²) in [5, 5.41) is 9.45. The highest BCUT2D eigenvalue weighted by molar-refractivity contribution is 7.59. The van der Waals surface area contributed by atoms with Crippen LogP contribution in [-0.2, 0) is 0 Å². The molecule has 7 heteroatoms. The lowest BCUT2D eigenvalue weighted by Crippen LogP contribution is -2.05. The van der Waals surface area contributed by atoms with Crippen LogP contribution in [0.1, 0.15) is 0 Å². The number of carboxylic acid groups (broad SMARTS) is 1. The van der Waals surface area contributed by atoms with Gasteiger partial charge >= 0.3 is 6.16 Å². The molecule has 0 aliphatic carbocycles. The van der Waals surface area contributed by atoms with E-state index in [1.54, 1.807) is 0 Å². The van der Waals surface area contributed by atoms with Gasteiger partial charge in [0.15, 0.2) is 5.75 Å². The molecule has 3 aromatic rings. The van der Waals surface area contributed by atoms with Gasteiger partial charge in [0.2, 0.25) is 0 Å². The lowest BCUT2D eigenvalue weighted by molar-refractivity contribution is 0.144. The Kier molecular flexibility index (Phi) is 6.84. The summed E-state index contributed by atoms with van der Waals surface area (Å²) in [6.07, 6.45) is -1.51. The number of ether oxygens (including phenoxy) is 1. The molecule has 0 fully saturated rings. The minimum absolute atomic E-state index is 0. The fraction of sp³-hybridized carbons (Fsp3) is 0. The van der Waals surface area contributed by atoms with Crippen molar-refractivity contribution in [3.63, 3.8) is 0 Å². The van der Waals surface area contributed by atoms with E-state index in [2.05, 4.69) is 0 Å². The second-order valence-corrected chi connectivity index (χ2v) is 6.25. The monoisotopic (exact) mass is 426 g/mol. The summed E-state index contributed by atoms with van der Waals surface area (Å²) in [7, 11) is 0. The van der Waals surface area contributed by atoms with Crippen LogP contribution < -0.4 is 4.74 Å². The van der Waals surface area contributed by atoms with E-state index in [1.165, 1.54) is 0 Å². The van der Waals surface area contributed by atoms with Crippen molar-refractivity contribution in [3.8, 4) is 28.0 Å². The van der Waals surface area contributed by atoms with Crippen molar-refractivity contribution in [3.05, 3.63) is 75.7 Å². The molecule has 0 amide bonds. The van der Waals surface area contributed by atoms with E-state index in [-0.39, 0.29) is 29.3 Å². The summed E-state index contributed by atoms with van der Waals surface area (Å²) in [6.45, 7) is 0. The highest BCUT2D eigenvalue weighted by Gasteiger charge is 2.25. The van der Waals surface area contributed by atoms with Crippen LogP contribution in [0.3, 0.4) is 0 Å². The third-order valence-corrected chi connectivity index (χ3v) is 4.69. The topological polar surface area (TPSA) is 46.5 Å². The van der Waals surface area contributed by atoms with Gasteiger partial charge in [0.05, 0.1) is 15.1 Å². The molecule has 0 unspecified atom stereocenters. The summed E-state index contributed by atoms with van der Waals surface area (Å²) >= 11 is 19.4. The zero-order valence-electron chi connectivity index (χ0n) is 13.2. The first-order valence-corrected chi connectivity index (χ1v) is 8.36.